The summed E-state index contributed by atoms with van der Waals surface area (Å²) in [6, 6.07) is 0. The second-order valence-corrected chi connectivity index (χ2v) is 5.08. The molecule has 0 bridgehead atoms. The van der Waals surface area contributed by atoms with Crippen molar-refractivity contribution in [1.29, 1.82) is 0 Å². The highest BCUT2D eigenvalue weighted by molar-refractivity contribution is 5.81. The van der Waals surface area contributed by atoms with Gasteiger partial charge >= 0.3 is 0 Å². The Morgan fingerprint density at radius 1 is 1.40 bits per heavy atom. The molecule has 2 aliphatic heterocycles. The van der Waals surface area contributed by atoms with E-state index in [0.717, 1.165) is 39.0 Å². The number of carbonyl (C=O) groups is 1. The van der Waals surface area contributed by atoms with Gasteiger partial charge in [0, 0.05) is 19.7 Å². The first-order valence-electron chi connectivity index (χ1n) is 6.09. The van der Waals surface area contributed by atoms with Crippen molar-refractivity contribution in [2.24, 2.45) is 11.8 Å². The van der Waals surface area contributed by atoms with Crippen molar-refractivity contribution in [3.8, 4) is 0 Å². The zero-order chi connectivity index (χ0) is 10.8. The predicted octanol–water partition coefficient (Wildman–Crippen LogP) is 1.67. The minimum Gasteiger partial charge on any atom is -0.368 e. The second-order valence-electron chi connectivity index (χ2n) is 5.08. The third kappa shape index (κ3) is 2.33. The molecule has 2 fully saturated rings. The van der Waals surface area contributed by atoms with Crippen LogP contribution in [0.5, 0.6) is 0 Å². The molecule has 0 saturated carbocycles. The van der Waals surface area contributed by atoms with Crippen LogP contribution < -0.4 is 0 Å². The van der Waals surface area contributed by atoms with Crippen molar-refractivity contribution in [2.75, 3.05) is 19.7 Å². The number of hydrogen-bond acceptors (Lipinski definition) is 2. The summed E-state index contributed by atoms with van der Waals surface area (Å²) < 4.78 is 5.43. The van der Waals surface area contributed by atoms with Gasteiger partial charge in [-0.05, 0) is 31.1 Å². The van der Waals surface area contributed by atoms with Crippen LogP contribution in [0.25, 0.3) is 0 Å². The van der Waals surface area contributed by atoms with Crippen LogP contribution in [0.15, 0.2) is 0 Å². The van der Waals surface area contributed by atoms with Crippen LogP contribution >= 0.6 is 0 Å². The minimum atomic E-state index is -0.129. The van der Waals surface area contributed by atoms with Gasteiger partial charge in [-0.3, -0.25) is 4.79 Å². The number of likely N-dealkylation sites (tertiary alicyclic amines) is 1. The van der Waals surface area contributed by atoms with Crippen molar-refractivity contribution in [1.82, 2.24) is 4.90 Å². The Hall–Kier alpha value is -0.570. The van der Waals surface area contributed by atoms with Crippen molar-refractivity contribution >= 4 is 5.91 Å². The van der Waals surface area contributed by atoms with Crippen molar-refractivity contribution in [2.45, 2.75) is 39.2 Å². The van der Waals surface area contributed by atoms with E-state index in [1.54, 1.807) is 0 Å². The maximum absolute atomic E-state index is 12.0. The van der Waals surface area contributed by atoms with Gasteiger partial charge in [0.25, 0.3) is 5.91 Å². The van der Waals surface area contributed by atoms with Gasteiger partial charge in [-0.25, -0.2) is 0 Å². The molecule has 2 rings (SSSR count). The molecule has 0 aromatic heterocycles. The lowest BCUT2D eigenvalue weighted by Gasteiger charge is -2.21. The monoisotopic (exact) mass is 211 g/mol. The summed E-state index contributed by atoms with van der Waals surface area (Å²) >= 11 is 0. The van der Waals surface area contributed by atoms with E-state index in [1.807, 2.05) is 4.90 Å². The molecule has 0 spiro atoms. The van der Waals surface area contributed by atoms with E-state index in [9.17, 15) is 4.79 Å². The highest BCUT2D eigenvalue weighted by Gasteiger charge is 2.33. The number of carbonyl (C=O) groups excluding carboxylic acids is 1. The summed E-state index contributed by atoms with van der Waals surface area (Å²) in [7, 11) is 0. The van der Waals surface area contributed by atoms with Gasteiger partial charge in [-0.1, -0.05) is 13.8 Å². The molecule has 2 heterocycles. The Morgan fingerprint density at radius 3 is 2.73 bits per heavy atom. The summed E-state index contributed by atoms with van der Waals surface area (Å²) in [6.45, 7) is 7.12. The number of hydrogen-bond donors (Lipinski definition) is 0. The molecule has 2 saturated heterocycles. The molecule has 86 valence electrons. The van der Waals surface area contributed by atoms with Crippen LogP contribution in [0.2, 0.25) is 0 Å². The molecule has 15 heavy (non-hydrogen) atoms. The van der Waals surface area contributed by atoms with E-state index < -0.39 is 0 Å². The van der Waals surface area contributed by atoms with E-state index in [1.165, 1.54) is 0 Å². The third-order valence-corrected chi connectivity index (χ3v) is 3.68. The topological polar surface area (TPSA) is 29.5 Å². The largest absolute Gasteiger partial charge is 0.368 e. The molecule has 2 unspecified atom stereocenters. The van der Waals surface area contributed by atoms with Crippen LogP contribution in [0.4, 0.5) is 0 Å². The standard InChI is InChI=1S/C12H21NO2/c1-9(2)10-5-6-13(8-10)12(14)11-4-3-7-15-11/h9-11H,3-8H2,1-2H3. The van der Waals surface area contributed by atoms with Gasteiger partial charge in [0.05, 0.1) is 0 Å². The summed E-state index contributed by atoms with van der Waals surface area (Å²) in [5.74, 6) is 1.61. The highest BCUT2D eigenvalue weighted by atomic mass is 16.5. The van der Waals surface area contributed by atoms with E-state index in [-0.39, 0.29) is 12.0 Å². The molecule has 0 aromatic rings. The molecule has 1 amide bonds. The number of ether oxygens (including phenoxy) is 1. The SMILES string of the molecule is CC(C)C1CCN(C(=O)C2CCCO2)C1. The normalized spacial score (nSPS) is 31.5. The number of amides is 1. The summed E-state index contributed by atoms with van der Waals surface area (Å²) in [4.78, 5) is 14.0. The van der Waals surface area contributed by atoms with Crippen molar-refractivity contribution in [3.05, 3.63) is 0 Å². The number of nitrogens with zero attached hydrogens (tertiary/aromatic N) is 1. The fourth-order valence-corrected chi connectivity index (χ4v) is 2.51. The zero-order valence-corrected chi connectivity index (χ0v) is 9.74. The molecule has 3 nitrogen and oxygen atoms in total. The fraction of sp³-hybridized carbons (Fsp3) is 0.917. The first kappa shape index (κ1) is 10.9. The maximum atomic E-state index is 12.0. The molecule has 0 aliphatic carbocycles. The Balaban J connectivity index is 1.87. The summed E-state index contributed by atoms with van der Waals surface area (Å²) in [6.07, 6.45) is 2.99. The average molecular weight is 211 g/mol. The Bertz CT molecular complexity index is 234. The molecule has 0 radical (unpaired) electrons. The molecular weight excluding hydrogens is 190 g/mol. The van der Waals surface area contributed by atoms with Crippen LogP contribution in [-0.2, 0) is 9.53 Å². The van der Waals surface area contributed by atoms with E-state index in [0.29, 0.717) is 11.8 Å². The lowest BCUT2D eigenvalue weighted by atomic mass is 9.95. The highest BCUT2D eigenvalue weighted by Crippen LogP contribution is 2.25. The average Bonchev–Trinajstić information content (AvgIpc) is 2.88. The van der Waals surface area contributed by atoms with Gasteiger partial charge < -0.3 is 9.64 Å². The Kier molecular flexibility index (Phi) is 3.29. The van der Waals surface area contributed by atoms with Gasteiger partial charge in [-0.2, -0.15) is 0 Å². The van der Waals surface area contributed by atoms with Crippen molar-refractivity contribution in [3.63, 3.8) is 0 Å². The molecule has 2 aliphatic rings. The molecular formula is C12H21NO2. The Labute approximate surface area is 91.8 Å². The van der Waals surface area contributed by atoms with Gasteiger partial charge in [0.15, 0.2) is 0 Å². The van der Waals surface area contributed by atoms with E-state index in [2.05, 4.69) is 13.8 Å². The van der Waals surface area contributed by atoms with Gasteiger partial charge in [0.2, 0.25) is 0 Å². The lowest BCUT2D eigenvalue weighted by Crippen LogP contribution is -2.37. The van der Waals surface area contributed by atoms with Crippen LogP contribution in [-0.4, -0.2) is 36.6 Å². The van der Waals surface area contributed by atoms with Crippen molar-refractivity contribution < 1.29 is 9.53 Å². The fourth-order valence-electron chi connectivity index (χ4n) is 2.51. The van der Waals surface area contributed by atoms with Crippen LogP contribution in [0.3, 0.4) is 0 Å². The second kappa shape index (κ2) is 4.52. The van der Waals surface area contributed by atoms with Crippen LogP contribution in [0, 0.1) is 11.8 Å². The first-order valence-corrected chi connectivity index (χ1v) is 6.09. The summed E-state index contributed by atoms with van der Waals surface area (Å²) in [5.41, 5.74) is 0. The molecule has 0 aromatic carbocycles. The maximum Gasteiger partial charge on any atom is 0.251 e. The predicted molar refractivity (Wildman–Crippen MR) is 58.5 cm³/mol. The molecule has 2 atom stereocenters. The molecule has 3 heteroatoms. The smallest absolute Gasteiger partial charge is 0.251 e. The Morgan fingerprint density at radius 2 is 2.20 bits per heavy atom. The van der Waals surface area contributed by atoms with E-state index in [4.69, 9.17) is 4.74 Å². The molecule has 0 N–H and O–H groups in total. The number of rotatable bonds is 2. The van der Waals surface area contributed by atoms with Gasteiger partial charge in [-0.15, -0.1) is 0 Å². The first-order chi connectivity index (χ1) is 7.18. The van der Waals surface area contributed by atoms with E-state index >= 15 is 0 Å². The lowest BCUT2D eigenvalue weighted by molar-refractivity contribution is -0.140. The quantitative estimate of drug-likeness (QED) is 0.695. The van der Waals surface area contributed by atoms with Gasteiger partial charge in [0.1, 0.15) is 6.10 Å². The minimum absolute atomic E-state index is 0.129. The van der Waals surface area contributed by atoms with Crippen LogP contribution in [0.1, 0.15) is 33.1 Å². The summed E-state index contributed by atoms with van der Waals surface area (Å²) in [5, 5.41) is 0. The zero-order valence-electron chi connectivity index (χ0n) is 9.74. The third-order valence-electron chi connectivity index (χ3n) is 3.68.